The first-order valence-electron chi connectivity index (χ1n) is 7.68. The van der Waals surface area contributed by atoms with E-state index in [4.69, 9.17) is 5.11 Å². The molecular weight excluding hydrogens is 377 g/mol. The van der Waals surface area contributed by atoms with Crippen LogP contribution in [0, 0.1) is 5.82 Å². The third-order valence-corrected chi connectivity index (χ3v) is 5.15. The standard InChI is InChI=1S/C16H14FN5O4S/c1-10(16(23)24)20-27(25,26)14-8-6-13(7-9-14)22-19-15(18-21-22)11-2-4-12(17)5-3-11/h2-10,20H,1H3,(H,23,24). The van der Waals surface area contributed by atoms with Gasteiger partial charge >= 0.3 is 5.97 Å². The first-order chi connectivity index (χ1) is 12.8. The number of nitrogens with one attached hydrogen (secondary N) is 1. The third kappa shape index (κ3) is 4.15. The minimum absolute atomic E-state index is 0.0989. The molecule has 0 aliphatic carbocycles. The highest BCUT2D eigenvalue weighted by atomic mass is 32.2. The van der Waals surface area contributed by atoms with Gasteiger partial charge in [0.2, 0.25) is 15.8 Å². The molecule has 11 heteroatoms. The fourth-order valence-electron chi connectivity index (χ4n) is 2.15. The molecule has 0 radical (unpaired) electrons. The largest absolute Gasteiger partial charge is 0.480 e. The van der Waals surface area contributed by atoms with Crippen LogP contribution in [0.25, 0.3) is 17.1 Å². The minimum Gasteiger partial charge on any atom is -0.480 e. The van der Waals surface area contributed by atoms with Gasteiger partial charge in [-0.3, -0.25) is 4.79 Å². The number of nitrogens with zero attached hydrogens (tertiary/aromatic N) is 4. The van der Waals surface area contributed by atoms with E-state index in [0.717, 1.165) is 0 Å². The Morgan fingerprint density at radius 3 is 2.37 bits per heavy atom. The van der Waals surface area contributed by atoms with E-state index in [0.29, 0.717) is 11.3 Å². The highest BCUT2D eigenvalue weighted by Crippen LogP contribution is 2.17. The van der Waals surface area contributed by atoms with Gasteiger partial charge in [-0.2, -0.15) is 4.72 Å². The quantitative estimate of drug-likeness (QED) is 0.647. The molecule has 1 atom stereocenters. The molecule has 0 spiro atoms. The Morgan fingerprint density at radius 2 is 1.78 bits per heavy atom. The Balaban J connectivity index is 1.82. The number of tetrazole rings is 1. The summed E-state index contributed by atoms with van der Waals surface area (Å²) < 4.78 is 39.3. The van der Waals surface area contributed by atoms with E-state index in [9.17, 15) is 17.6 Å². The van der Waals surface area contributed by atoms with Gasteiger partial charge in [0.25, 0.3) is 0 Å². The maximum atomic E-state index is 13.0. The molecular formula is C16H14FN5O4S. The molecule has 2 N–H and O–H groups in total. The SMILES string of the molecule is CC(NS(=O)(=O)c1ccc(-n2nnc(-c3ccc(F)cc3)n2)cc1)C(=O)O. The van der Waals surface area contributed by atoms with Gasteiger partial charge in [0.05, 0.1) is 10.6 Å². The minimum atomic E-state index is -3.98. The van der Waals surface area contributed by atoms with Gasteiger partial charge in [0.1, 0.15) is 11.9 Å². The monoisotopic (exact) mass is 391 g/mol. The van der Waals surface area contributed by atoms with Crippen molar-refractivity contribution in [2.45, 2.75) is 17.9 Å². The summed E-state index contributed by atoms with van der Waals surface area (Å²) >= 11 is 0. The van der Waals surface area contributed by atoms with Gasteiger partial charge in [-0.05, 0) is 60.7 Å². The normalized spacial score (nSPS) is 12.7. The van der Waals surface area contributed by atoms with Gasteiger partial charge in [-0.15, -0.1) is 15.0 Å². The topological polar surface area (TPSA) is 127 Å². The summed E-state index contributed by atoms with van der Waals surface area (Å²) in [7, 11) is -3.98. The Kier molecular flexibility index (Phi) is 4.97. The van der Waals surface area contributed by atoms with Crippen LogP contribution in [-0.2, 0) is 14.8 Å². The van der Waals surface area contributed by atoms with Gasteiger partial charge in [-0.1, -0.05) is 0 Å². The van der Waals surface area contributed by atoms with Crippen molar-refractivity contribution in [2.75, 3.05) is 0 Å². The molecule has 27 heavy (non-hydrogen) atoms. The number of sulfonamides is 1. The highest BCUT2D eigenvalue weighted by Gasteiger charge is 2.21. The Labute approximate surface area is 153 Å². The van der Waals surface area contributed by atoms with E-state index in [2.05, 4.69) is 20.1 Å². The van der Waals surface area contributed by atoms with Crippen LogP contribution in [0.4, 0.5) is 4.39 Å². The molecule has 3 aromatic rings. The highest BCUT2D eigenvalue weighted by molar-refractivity contribution is 7.89. The van der Waals surface area contributed by atoms with E-state index in [1.54, 1.807) is 0 Å². The zero-order valence-corrected chi connectivity index (χ0v) is 14.8. The number of hydrogen-bond donors (Lipinski definition) is 2. The summed E-state index contributed by atoms with van der Waals surface area (Å²) in [4.78, 5) is 11.9. The summed E-state index contributed by atoms with van der Waals surface area (Å²) in [6.07, 6.45) is 0. The number of aliphatic carboxylic acids is 1. The molecule has 0 bridgehead atoms. The second-order valence-electron chi connectivity index (χ2n) is 5.58. The van der Waals surface area contributed by atoms with E-state index >= 15 is 0 Å². The first kappa shape index (κ1) is 18.6. The van der Waals surface area contributed by atoms with Crippen LogP contribution in [0.15, 0.2) is 53.4 Å². The molecule has 3 rings (SSSR count). The van der Waals surface area contributed by atoms with E-state index in [1.807, 2.05) is 0 Å². The van der Waals surface area contributed by atoms with Gasteiger partial charge in [0.15, 0.2) is 0 Å². The van der Waals surface area contributed by atoms with Crippen LogP contribution in [0.2, 0.25) is 0 Å². The predicted octanol–water partition coefficient (Wildman–Crippen LogP) is 1.22. The smallest absolute Gasteiger partial charge is 0.321 e. The fourth-order valence-corrected chi connectivity index (χ4v) is 3.34. The summed E-state index contributed by atoms with van der Waals surface area (Å²) in [6, 6.07) is 9.84. The van der Waals surface area contributed by atoms with Gasteiger partial charge in [-0.25, -0.2) is 12.8 Å². The van der Waals surface area contributed by atoms with Crippen molar-refractivity contribution in [3.8, 4) is 17.1 Å². The second kappa shape index (κ2) is 7.21. The number of halogens is 1. The number of rotatable bonds is 6. The summed E-state index contributed by atoms with van der Waals surface area (Å²) in [5.74, 6) is -1.38. The number of carboxylic acids is 1. The van der Waals surface area contributed by atoms with Crippen molar-refractivity contribution in [2.24, 2.45) is 0 Å². The molecule has 0 saturated carbocycles. The molecule has 0 amide bonds. The average molecular weight is 391 g/mol. The van der Waals surface area contributed by atoms with Crippen molar-refractivity contribution in [3.63, 3.8) is 0 Å². The summed E-state index contributed by atoms with van der Waals surface area (Å²) in [6.45, 7) is 1.23. The zero-order valence-electron chi connectivity index (χ0n) is 13.9. The molecule has 1 heterocycles. The molecule has 2 aromatic carbocycles. The average Bonchev–Trinajstić information content (AvgIpc) is 3.12. The van der Waals surface area contributed by atoms with Crippen molar-refractivity contribution < 1.29 is 22.7 Å². The molecule has 140 valence electrons. The lowest BCUT2D eigenvalue weighted by atomic mass is 10.2. The van der Waals surface area contributed by atoms with Crippen LogP contribution in [-0.4, -0.2) is 45.7 Å². The van der Waals surface area contributed by atoms with Gasteiger partial charge in [0, 0.05) is 5.56 Å². The van der Waals surface area contributed by atoms with Crippen molar-refractivity contribution in [3.05, 3.63) is 54.3 Å². The van der Waals surface area contributed by atoms with Crippen LogP contribution in [0.5, 0.6) is 0 Å². The first-order valence-corrected chi connectivity index (χ1v) is 9.16. The second-order valence-corrected chi connectivity index (χ2v) is 7.30. The number of aromatic nitrogens is 4. The fraction of sp³-hybridized carbons (Fsp3) is 0.125. The van der Waals surface area contributed by atoms with E-state index in [1.165, 1.54) is 60.3 Å². The van der Waals surface area contributed by atoms with Crippen LogP contribution < -0.4 is 4.72 Å². The van der Waals surface area contributed by atoms with E-state index < -0.39 is 22.0 Å². The Hall–Kier alpha value is -3.18. The Morgan fingerprint density at radius 1 is 1.15 bits per heavy atom. The molecule has 0 aliphatic rings. The molecule has 9 nitrogen and oxygen atoms in total. The number of carboxylic acid groups (broad SMARTS) is 1. The summed E-state index contributed by atoms with van der Waals surface area (Å²) in [5, 5.41) is 20.8. The molecule has 0 saturated heterocycles. The maximum Gasteiger partial charge on any atom is 0.321 e. The number of benzene rings is 2. The lowest BCUT2D eigenvalue weighted by molar-refractivity contribution is -0.138. The lowest BCUT2D eigenvalue weighted by Crippen LogP contribution is -2.38. The summed E-state index contributed by atoms with van der Waals surface area (Å²) in [5.41, 5.74) is 1.02. The zero-order chi connectivity index (χ0) is 19.6. The maximum absolute atomic E-state index is 13.0. The van der Waals surface area contributed by atoms with E-state index in [-0.39, 0.29) is 16.5 Å². The van der Waals surface area contributed by atoms with Gasteiger partial charge < -0.3 is 5.11 Å². The predicted molar refractivity (Wildman–Crippen MR) is 92.0 cm³/mol. The third-order valence-electron chi connectivity index (χ3n) is 3.60. The van der Waals surface area contributed by atoms with Crippen LogP contribution in [0.1, 0.15) is 6.92 Å². The number of hydrogen-bond acceptors (Lipinski definition) is 6. The van der Waals surface area contributed by atoms with Crippen LogP contribution >= 0.6 is 0 Å². The molecule has 1 aromatic heterocycles. The Bertz CT molecular complexity index is 1060. The molecule has 0 aliphatic heterocycles. The van der Waals surface area contributed by atoms with Crippen molar-refractivity contribution in [1.29, 1.82) is 0 Å². The molecule has 0 fully saturated rings. The molecule has 1 unspecified atom stereocenters. The van der Waals surface area contributed by atoms with Crippen LogP contribution in [0.3, 0.4) is 0 Å². The number of carbonyl (C=O) groups is 1. The lowest BCUT2D eigenvalue weighted by Gasteiger charge is -2.10. The van der Waals surface area contributed by atoms with Crippen molar-refractivity contribution >= 4 is 16.0 Å². The van der Waals surface area contributed by atoms with Crippen molar-refractivity contribution in [1.82, 2.24) is 24.9 Å².